The third-order valence-electron chi connectivity index (χ3n) is 6.17. The molecule has 0 aromatic heterocycles. The number of amides is 2. The van der Waals surface area contributed by atoms with Crippen molar-refractivity contribution in [3.8, 4) is 0 Å². The molecule has 0 bridgehead atoms. The lowest BCUT2D eigenvalue weighted by molar-refractivity contribution is -0.122. The fourth-order valence-corrected chi connectivity index (χ4v) is 4.72. The van der Waals surface area contributed by atoms with Gasteiger partial charge in [-0.15, -0.1) is 0 Å². The molecule has 2 aliphatic rings. The first-order valence-electron chi connectivity index (χ1n) is 10.4. The van der Waals surface area contributed by atoms with Crippen molar-refractivity contribution in [3.63, 3.8) is 0 Å². The van der Waals surface area contributed by atoms with Gasteiger partial charge in [0.05, 0.1) is 21.3 Å². The zero-order valence-electron chi connectivity index (χ0n) is 18.9. The Morgan fingerprint density at radius 1 is 1.06 bits per heavy atom. The second-order valence-electron chi connectivity index (χ2n) is 8.82. The monoisotopic (exact) mass is 499 g/mol. The Labute approximate surface area is 208 Å². The summed E-state index contributed by atoms with van der Waals surface area (Å²) < 4.78 is 0. The van der Waals surface area contributed by atoms with Gasteiger partial charge in [0, 0.05) is 18.3 Å². The number of hydrogen-bond acceptors (Lipinski definition) is 4. The second kappa shape index (κ2) is 8.28. The maximum absolute atomic E-state index is 13.4. The van der Waals surface area contributed by atoms with Crippen LogP contribution in [0.15, 0.2) is 42.0 Å². The van der Waals surface area contributed by atoms with E-state index in [-0.39, 0.29) is 21.2 Å². The minimum atomic E-state index is -0.538. The fraction of sp³-hybridized carbons (Fsp3) is 0.240. The van der Waals surface area contributed by atoms with E-state index >= 15 is 0 Å². The number of nitrogens with zero attached hydrogens (tertiary/aromatic N) is 2. The number of fused-ring (bicyclic) bond motifs is 1. The van der Waals surface area contributed by atoms with Gasteiger partial charge in [-0.3, -0.25) is 19.8 Å². The molecule has 5 nitrogen and oxygen atoms in total. The standard InChI is InChI=1S/C25H23Cl2N3O2S/c1-13-8-21-17(14(2)12-25(3,4)29(21)5)9-15(13)10-18-22(31)28-24(33)30(23(18)32)16-6-7-19(26)20(27)11-16/h6-12H,1-5H3,(H,28,31,33)/b18-10-. The number of benzene rings is 2. The lowest BCUT2D eigenvalue weighted by Crippen LogP contribution is -2.54. The number of hydrogen-bond donors (Lipinski definition) is 1. The van der Waals surface area contributed by atoms with Gasteiger partial charge in [-0.05, 0) is 93.0 Å². The maximum atomic E-state index is 13.4. The zero-order chi connectivity index (χ0) is 24.2. The van der Waals surface area contributed by atoms with Gasteiger partial charge in [0.1, 0.15) is 5.57 Å². The van der Waals surface area contributed by atoms with Crippen LogP contribution in [-0.4, -0.2) is 29.5 Å². The first kappa shape index (κ1) is 23.5. The molecule has 0 unspecified atom stereocenters. The Bertz CT molecular complexity index is 1300. The summed E-state index contributed by atoms with van der Waals surface area (Å²) in [6.45, 7) is 8.36. The average Bonchev–Trinajstić information content (AvgIpc) is 2.72. The highest BCUT2D eigenvalue weighted by Gasteiger charge is 2.35. The third-order valence-corrected chi connectivity index (χ3v) is 7.19. The van der Waals surface area contributed by atoms with Crippen LogP contribution in [0, 0.1) is 6.92 Å². The van der Waals surface area contributed by atoms with Crippen molar-refractivity contribution in [1.82, 2.24) is 5.32 Å². The van der Waals surface area contributed by atoms with Crippen molar-refractivity contribution < 1.29 is 9.59 Å². The quantitative estimate of drug-likeness (QED) is 0.324. The Balaban J connectivity index is 1.79. The molecule has 8 heteroatoms. The van der Waals surface area contributed by atoms with E-state index in [2.05, 4.69) is 50.2 Å². The van der Waals surface area contributed by atoms with E-state index in [0.717, 1.165) is 28.0 Å². The van der Waals surface area contributed by atoms with Crippen molar-refractivity contribution >= 4 is 75.4 Å². The molecule has 0 atom stereocenters. The van der Waals surface area contributed by atoms with Crippen LogP contribution >= 0.6 is 35.4 Å². The molecular weight excluding hydrogens is 477 g/mol. The molecule has 2 aromatic rings. The van der Waals surface area contributed by atoms with Crippen LogP contribution in [0.25, 0.3) is 11.6 Å². The normalized spacial score (nSPS) is 18.9. The highest BCUT2D eigenvalue weighted by Crippen LogP contribution is 2.40. The molecule has 1 N–H and O–H groups in total. The predicted octanol–water partition coefficient (Wildman–Crippen LogP) is 5.76. The van der Waals surface area contributed by atoms with Gasteiger partial charge in [0.15, 0.2) is 5.11 Å². The Morgan fingerprint density at radius 2 is 1.76 bits per heavy atom. The minimum absolute atomic E-state index is 0.00895. The largest absolute Gasteiger partial charge is 0.365 e. The van der Waals surface area contributed by atoms with Gasteiger partial charge in [-0.1, -0.05) is 29.3 Å². The summed E-state index contributed by atoms with van der Waals surface area (Å²) in [5.41, 5.74) is 5.36. The van der Waals surface area contributed by atoms with Gasteiger partial charge in [-0.25, -0.2) is 0 Å². The number of carbonyl (C=O) groups is 2. The molecule has 170 valence electrons. The molecule has 0 aliphatic carbocycles. The first-order valence-corrected chi connectivity index (χ1v) is 11.5. The second-order valence-corrected chi connectivity index (χ2v) is 10.0. The molecule has 4 rings (SSSR count). The summed E-state index contributed by atoms with van der Waals surface area (Å²) in [5.74, 6) is -1.06. The molecule has 1 saturated heterocycles. The summed E-state index contributed by atoms with van der Waals surface area (Å²) >= 11 is 17.4. The predicted molar refractivity (Wildman–Crippen MR) is 140 cm³/mol. The molecule has 0 radical (unpaired) electrons. The maximum Gasteiger partial charge on any atom is 0.270 e. The number of thiocarbonyl (C=S) groups is 1. The smallest absolute Gasteiger partial charge is 0.270 e. The minimum Gasteiger partial charge on any atom is -0.365 e. The fourth-order valence-electron chi connectivity index (χ4n) is 4.14. The molecule has 1 fully saturated rings. The highest BCUT2D eigenvalue weighted by molar-refractivity contribution is 7.80. The molecule has 0 spiro atoms. The molecule has 2 amide bonds. The van der Waals surface area contributed by atoms with Crippen LogP contribution < -0.4 is 15.1 Å². The summed E-state index contributed by atoms with van der Waals surface area (Å²) in [7, 11) is 2.06. The van der Waals surface area contributed by atoms with Crippen molar-refractivity contribution in [2.75, 3.05) is 16.8 Å². The van der Waals surface area contributed by atoms with Crippen molar-refractivity contribution in [2.45, 2.75) is 33.2 Å². The number of aryl methyl sites for hydroxylation is 1. The van der Waals surface area contributed by atoms with E-state index in [1.165, 1.54) is 4.90 Å². The summed E-state index contributed by atoms with van der Waals surface area (Å²) in [4.78, 5) is 29.6. The number of allylic oxidation sites excluding steroid dienone is 1. The van der Waals surface area contributed by atoms with E-state index in [0.29, 0.717) is 10.7 Å². The Kier molecular flexibility index (Phi) is 5.89. The van der Waals surface area contributed by atoms with Crippen LogP contribution in [-0.2, 0) is 9.59 Å². The number of halogens is 2. The van der Waals surface area contributed by atoms with E-state index in [4.69, 9.17) is 35.4 Å². The van der Waals surface area contributed by atoms with E-state index in [9.17, 15) is 9.59 Å². The van der Waals surface area contributed by atoms with Gasteiger partial charge in [0.2, 0.25) is 0 Å². The number of likely N-dealkylation sites (N-methyl/N-ethyl adjacent to an activating group) is 1. The van der Waals surface area contributed by atoms with Gasteiger partial charge >= 0.3 is 0 Å². The number of nitrogens with one attached hydrogen (secondary N) is 1. The van der Waals surface area contributed by atoms with E-state index in [1.54, 1.807) is 24.3 Å². The Morgan fingerprint density at radius 3 is 2.42 bits per heavy atom. The third kappa shape index (κ3) is 4.07. The SMILES string of the molecule is CC1=CC(C)(C)N(C)c2cc(C)c(/C=C3/C(=O)NC(=S)N(c4ccc(Cl)c(Cl)c4)C3=O)cc21. The van der Waals surface area contributed by atoms with Crippen LogP contribution in [0.2, 0.25) is 10.0 Å². The molecule has 0 saturated carbocycles. The van der Waals surface area contributed by atoms with Crippen molar-refractivity contribution in [1.29, 1.82) is 0 Å². The molecule has 2 heterocycles. The summed E-state index contributed by atoms with van der Waals surface area (Å²) in [6, 6.07) is 8.86. The number of rotatable bonds is 2. The van der Waals surface area contributed by atoms with Crippen LogP contribution in [0.3, 0.4) is 0 Å². The van der Waals surface area contributed by atoms with E-state index in [1.807, 2.05) is 13.0 Å². The van der Waals surface area contributed by atoms with Gasteiger partial charge in [0.25, 0.3) is 11.8 Å². The number of anilines is 2. The average molecular weight is 500 g/mol. The highest BCUT2D eigenvalue weighted by atomic mass is 35.5. The lowest BCUT2D eigenvalue weighted by Gasteiger charge is -2.41. The summed E-state index contributed by atoms with van der Waals surface area (Å²) in [6.07, 6.45) is 3.83. The molecule has 33 heavy (non-hydrogen) atoms. The lowest BCUT2D eigenvalue weighted by atomic mass is 9.87. The van der Waals surface area contributed by atoms with Gasteiger partial charge < -0.3 is 4.90 Å². The Hall–Kier alpha value is -2.67. The van der Waals surface area contributed by atoms with Crippen molar-refractivity contribution in [2.24, 2.45) is 0 Å². The molecule has 2 aliphatic heterocycles. The zero-order valence-corrected chi connectivity index (χ0v) is 21.2. The van der Waals surface area contributed by atoms with Gasteiger partial charge in [-0.2, -0.15) is 0 Å². The van der Waals surface area contributed by atoms with E-state index < -0.39 is 11.8 Å². The topological polar surface area (TPSA) is 52.7 Å². The first-order chi connectivity index (χ1) is 15.4. The molecular formula is C25H23Cl2N3O2S. The summed E-state index contributed by atoms with van der Waals surface area (Å²) in [5, 5.41) is 3.24. The van der Waals surface area contributed by atoms with Crippen LogP contribution in [0.4, 0.5) is 11.4 Å². The number of carbonyl (C=O) groups excluding carboxylic acids is 2. The van der Waals surface area contributed by atoms with Crippen molar-refractivity contribution in [3.05, 3.63) is 68.7 Å². The van der Waals surface area contributed by atoms with Crippen LogP contribution in [0.5, 0.6) is 0 Å². The van der Waals surface area contributed by atoms with Crippen LogP contribution in [0.1, 0.15) is 37.5 Å². The molecule has 2 aromatic carbocycles.